The number of rotatable bonds is 3. The summed E-state index contributed by atoms with van der Waals surface area (Å²) in [5, 5.41) is 12.8. The van der Waals surface area contributed by atoms with Gasteiger partial charge in [-0.3, -0.25) is 4.79 Å². The summed E-state index contributed by atoms with van der Waals surface area (Å²) in [4.78, 5) is 23.8. The molecule has 0 spiro atoms. The molecule has 2 saturated carbocycles. The fourth-order valence-corrected chi connectivity index (χ4v) is 4.18. The Morgan fingerprint density at radius 2 is 1.86 bits per heavy atom. The van der Waals surface area contributed by atoms with Crippen LogP contribution in [0.5, 0.6) is 0 Å². The number of carbonyl (C=O) groups is 2. The summed E-state index contributed by atoms with van der Waals surface area (Å²) in [5.74, 6) is -0.656. The van der Waals surface area contributed by atoms with Crippen LogP contribution >= 0.6 is 0 Å². The van der Waals surface area contributed by atoms with E-state index in [1.165, 1.54) is 0 Å². The number of hydrogen-bond acceptors (Lipinski definition) is 3. The molecule has 4 heteroatoms. The van der Waals surface area contributed by atoms with E-state index >= 15 is 0 Å². The van der Waals surface area contributed by atoms with Gasteiger partial charge in [-0.2, -0.15) is 0 Å². The van der Waals surface area contributed by atoms with Crippen molar-refractivity contribution in [1.29, 1.82) is 0 Å². The van der Waals surface area contributed by atoms with Gasteiger partial charge in [0.05, 0.1) is 11.1 Å². The minimum atomic E-state index is -0.947. The molecule has 2 aliphatic rings. The molecule has 2 N–H and O–H groups in total. The maximum atomic E-state index is 12.4. The van der Waals surface area contributed by atoms with Crippen LogP contribution < -0.4 is 5.32 Å². The SMILES string of the molecule is CC12CCC(Nc3ccccc3C(=O)O)(CC1=O)C2(C)C. The lowest BCUT2D eigenvalue weighted by atomic mass is 9.68. The molecular formula is C17H21NO3. The first-order valence-electron chi connectivity index (χ1n) is 7.37. The van der Waals surface area contributed by atoms with Crippen LogP contribution in [0.3, 0.4) is 0 Å². The lowest BCUT2D eigenvalue weighted by Gasteiger charge is -2.41. The molecule has 2 bridgehead atoms. The zero-order chi connectivity index (χ0) is 15.5. The maximum absolute atomic E-state index is 12.4. The molecule has 0 aliphatic heterocycles. The van der Waals surface area contributed by atoms with Crippen LogP contribution in [0.15, 0.2) is 24.3 Å². The molecule has 112 valence electrons. The third kappa shape index (κ3) is 1.62. The van der Waals surface area contributed by atoms with Gasteiger partial charge in [0, 0.05) is 22.9 Å². The van der Waals surface area contributed by atoms with Gasteiger partial charge in [-0.25, -0.2) is 4.79 Å². The third-order valence-corrected chi connectivity index (χ3v) is 6.24. The van der Waals surface area contributed by atoms with Gasteiger partial charge in [-0.1, -0.05) is 32.9 Å². The van der Waals surface area contributed by atoms with Crippen LogP contribution in [-0.4, -0.2) is 22.4 Å². The largest absolute Gasteiger partial charge is 0.478 e. The van der Waals surface area contributed by atoms with Crippen molar-refractivity contribution in [3.05, 3.63) is 29.8 Å². The zero-order valence-corrected chi connectivity index (χ0v) is 12.7. The second-order valence-electron chi connectivity index (χ2n) is 7.11. The van der Waals surface area contributed by atoms with Crippen molar-refractivity contribution in [2.75, 3.05) is 5.32 Å². The Kier molecular flexibility index (Phi) is 2.75. The number of carbonyl (C=O) groups excluding carboxylic acids is 1. The lowest BCUT2D eigenvalue weighted by molar-refractivity contribution is -0.128. The Balaban J connectivity index is 2.03. The molecule has 0 radical (unpaired) electrons. The number of Topliss-reactive ketones (excluding diaryl/α,β-unsaturated/α-hetero) is 1. The molecule has 4 nitrogen and oxygen atoms in total. The van der Waals surface area contributed by atoms with E-state index in [-0.39, 0.29) is 21.9 Å². The van der Waals surface area contributed by atoms with Gasteiger partial charge in [0.2, 0.25) is 0 Å². The summed E-state index contributed by atoms with van der Waals surface area (Å²) in [6, 6.07) is 6.92. The number of hydrogen-bond donors (Lipinski definition) is 2. The van der Waals surface area contributed by atoms with Crippen molar-refractivity contribution >= 4 is 17.4 Å². The van der Waals surface area contributed by atoms with Gasteiger partial charge in [-0.15, -0.1) is 0 Å². The molecule has 2 unspecified atom stereocenters. The lowest BCUT2D eigenvalue weighted by Crippen LogP contribution is -2.46. The standard InChI is InChI=1S/C17H21NO3/c1-15(2)16(3)8-9-17(15,10-13(16)19)18-12-7-5-4-6-11(12)14(20)21/h4-7,18H,8-10H2,1-3H3,(H,20,21). The van der Waals surface area contributed by atoms with Gasteiger partial charge in [0.1, 0.15) is 5.78 Å². The molecular weight excluding hydrogens is 266 g/mol. The van der Waals surface area contributed by atoms with E-state index in [1.807, 2.05) is 6.07 Å². The number of anilines is 1. The second kappa shape index (κ2) is 4.09. The number of ketones is 1. The minimum Gasteiger partial charge on any atom is -0.478 e. The number of aromatic carboxylic acids is 1. The van der Waals surface area contributed by atoms with E-state index in [0.717, 1.165) is 12.8 Å². The number of carboxylic acids is 1. The van der Waals surface area contributed by atoms with Crippen molar-refractivity contribution in [3.8, 4) is 0 Å². The normalized spacial score (nSPS) is 33.2. The van der Waals surface area contributed by atoms with Gasteiger partial charge in [0.25, 0.3) is 0 Å². The van der Waals surface area contributed by atoms with Crippen molar-refractivity contribution in [2.45, 2.75) is 45.6 Å². The molecule has 0 heterocycles. The smallest absolute Gasteiger partial charge is 0.337 e. The van der Waals surface area contributed by atoms with Crippen molar-refractivity contribution in [3.63, 3.8) is 0 Å². The van der Waals surface area contributed by atoms with Gasteiger partial charge in [0.15, 0.2) is 0 Å². The van der Waals surface area contributed by atoms with Crippen LogP contribution in [0.4, 0.5) is 5.69 Å². The van der Waals surface area contributed by atoms with Crippen LogP contribution in [0.2, 0.25) is 0 Å². The average molecular weight is 287 g/mol. The zero-order valence-electron chi connectivity index (χ0n) is 12.7. The van der Waals surface area contributed by atoms with Gasteiger partial charge < -0.3 is 10.4 Å². The van der Waals surface area contributed by atoms with Crippen LogP contribution in [0.1, 0.15) is 50.4 Å². The molecule has 1 aromatic carbocycles. The number of benzene rings is 1. The van der Waals surface area contributed by atoms with Crippen LogP contribution in [-0.2, 0) is 4.79 Å². The highest BCUT2D eigenvalue weighted by molar-refractivity contribution is 5.96. The summed E-state index contributed by atoms with van der Waals surface area (Å²) < 4.78 is 0. The molecule has 2 fully saturated rings. The summed E-state index contributed by atoms with van der Waals surface area (Å²) in [5.41, 5.74) is 0.0262. The first-order valence-corrected chi connectivity index (χ1v) is 7.37. The predicted molar refractivity (Wildman–Crippen MR) is 80.5 cm³/mol. The highest BCUT2D eigenvalue weighted by Gasteiger charge is 2.69. The monoisotopic (exact) mass is 287 g/mol. The van der Waals surface area contributed by atoms with E-state index in [4.69, 9.17) is 0 Å². The highest BCUT2D eigenvalue weighted by atomic mass is 16.4. The topological polar surface area (TPSA) is 66.4 Å². The van der Waals surface area contributed by atoms with Crippen molar-refractivity contribution in [1.82, 2.24) is 0 Å². The Morgan fingerprint density at radius 3 is 2.38 bits per heavy atom. The summed E-state index contributed by atoms with van der Waals surface area (Å²) in [6.45, 7) is 6.30. The van der Waals surface area contributed by atoms with Crippen LogP contribution in [0, 0.1) is 10.8 Å². The first-order chi connectivity index (χ1) is 9.73. The maximum Gasteiger partial charge on any atom is 0.337 e. The number of para-hydroxylation sites is 1. The Labute approximate surface area is 124 Å². The first kappa shape index (κ1) is 14.1. The van der Waals surface area contributed by atoms with E-state index in [1.54, 1.807) is 18.2 Å². The molecule has 2 atom stereocenters. The van der Waals surface area contributed by atoms with Gasteiger partial charge in [-0.05, 0) is 25.0 Å². The molecule has 21 heavy (non-hydrogen) atoms. The van der Waals surface area contributed by atoms with Crippen LogP contribution in [0.25, 0.3) is 0 Å². The van der Waals surface area contributed by atoms with Crippen molar-refractivity contribution in [2.24, 2.45) is 10.8 Å². The number of carboxylic acid groups (broad SMARTS) is 1. The summed E-state index contributed by atoms with van der Waals surface area (Å²) in [7, 11) is 0. The number of fused-ring (bicyclic) bond motifs is 2. The van der Waals surface area contributed by atoms with E-state index in [0.29, 0.717) is 17.9 Å². The fraction of sp³-hybridized carbons (Fsp3) is 0.529. The highest BCUT2D eigenvalue weighted by Crippen LogP contribution is 2.66. The van der Waals surface area contributed by atoms with Crippen molar-refractivity contribution < 1.29 is 14.7 Å². The third-order valence-electron chi connectivity index (χ3n) is 6.24. The van der Waals surface area contributed by atoms with Gasteiger partial charge >= 0.3 is 5.97 Å². The van der Waals surface area contributed by atoms with E-state index < -0.39 is 5.97 Å². The molecule has 1 aromatic rings. The molecule has 3 rings (SSSR count). The Hall–Kier alpha value is -1.84. The fourth-order valence-electron chi connectivity index (χ4n) is 4.18. The molecule has 0 aromatic heterocycles. The Morgan fingerprint density at radius 1 is 1.19 bits per heavy atom. The second-order valence-corrected chi connectivity index (χ2v) is 7.11. The molecule has 0 amide bonds. The predicted octanol–water partition coefficient (Wildman–Crippen LogP) is 3.33. The minimum absolute atomic E-state index is 0.192. The molecule has 0 saturated heterocycles. The average Bonchev–Trinajstić information content (AvgIpc) is 2.69. The molecule has 2 aliphatic carbocycles. The summed E-state index contributed by atoms with van der Waals surface area (Å²) in [6.07, 6.45) is 2.24. The number of nitrogens with one attached hydrogen (secondary N) is 1. The Bertz CT molecular complexity index is 637. The van der Waals surface area contributed by atoms with E-state index in [9.17, 15) is 14.7 Å². The quantitative estimate of drug-likeness (QED) is 0.895. The van der Waals surface area contributed by atoms with E-state index in [2.05, 4.69) is 26.1 Å². The summed E-state index contributed by atoms with van der Waals surface area (Å²) >= 11 is 0.